The minimum atomic E-state index is -1.22. The van der Waals surface area contributed by atoms with E-state index >= 15 is 0 Å². The van der Waals surface area contributed by atoms with Gasteiger partial charge in [-0.15, -0.1) is 0 Å². The molecule has 63 valence electrons. The van der Waals surface area contributed by atoms with Gasteiger partial charge in [0, 0.05) is 5.25 Å². The molecule has 3 nitrogen and oxygen atoms in total. The van der Waals surface area contributed by atoms with Crippen molar-refractivity contribution in [1.82, 2.24) is 0 Å². The maximum Gasteiger partial charge on any atom is 2.00 e. The van der Waals surface area contributed by atoms with E-state index in [9.17, 15) is 4.79 Å². The standard InChI is InChI=1S/C5H11NO2S.Cu/c1-3(9)5(2,6)4(7)8;/h3,9H,6H2,1-2H3,(H,7,8);/q;+2. The van der Waals surface area contributed by atoms with Crippen LogP contribution in [0.25, 0.3) is 0 Å². The predicted octanol–water partition coefficient (Wildman–Crippen LogP) is 0.104. The number of hydrogen-bond donors (Lipinski definition) is 3. The molecule has 0 aromatic heterocycles. The Labute approximate surface area is 76.2 Å². The second kappa shape index (κ2) is 4.23. The Balaban J connectivity index is 0. The summed E-state index contributed by atoms with van der Waals surface area (Å²) < 4.78 is 0. The summed E-state index contributed by atoms with van der Waals surface area (Å²) in [5.41, 5.74) is 4.11. The zero-order valence-electron chi connectivity index (χ0n) is 5.76. The van der Waals surface area contributed by atoms with E-state index in [1.807, 2.05) is 0 Å². The number of nitrogens with two attached hydrogens (primary N) is 1. The summed E-state index contributed by atoms with van der Waals surface area (Å²) in [5.74, 6) is -1.02. The van der Waals surface area contributed by atoms with Gasteiger partial charge in [0.2, 0.25) is 0 Å². The molecule has 0 aliphatic rings. The van der Waals surface area contributed by atoms with Gasteiger partial charge in [-0.25, -0.2) is 0 Å². The maximum atomic E-state index is 10.3. The molecule has 0 aliphatic heterocycles. The van der Waals surface area contributed by atoms with E-state index in [2.05, 4.69) is 12.6 Å². The van der Waals surface area contributed by atoms with Gasteiger partial charge in [-0.05, 0) is 6.92 Å². The molecule has 3 N–H and O–H groups in total. The van der Waals surface area contributed by atoms with Gasteiger partial charge in [-0.3, -0.25) is 4.79 Å². The van der Waals surface area contributed by atoms with Gasteiger partial charge in [0.05, 0.1) is 0 Å². The average molecular weight is 213 g/mol. The van der Waals surface area contributed by atoms with Crippen LogP contribution < -0.4 is 5.73 Å². The summed E-state index contributed by atoms with van der Waals surface area (Å²) >= 11 is 3.91. The molecule has 0 bridgehead atoms. The van der Waals surface area contributed by atoms with Crippen molar-refractivity contribution in [3.05, 3.63) is 0 Å². The summed E-state index contributed by atoms with van der Waals surface area (Å²) in [5, 5.41) is 8.10. The molecule has 0 aromatic carbocycles. The van der Waals surface area contributed by atoms with E-state index < -0.39 is 11.5 Å². The first-order valence-electron chi connectivity index (χ1n) is 2.59. The summed E-state index contributed by atoms with van der Waals surface area (Å²) in [7, 11) is 0. The first-order valence-corrected chi connectivity index (χ1v) is 3.11. The number of carboxylic acids is 1. The summed E-state index contributed by atoms with van der Waals surface area (Å²) in [6, 6.07) is 0. The fourth-order valence-corrected chi connectivity index (χ4v) is 0.289. The second-order valence-corrected chi connectivity index (χ2v) is 3.04. The van der Waals surface area contributed by atoms with E-state index in [4.69, 9.17) is 10.8 Å². The van der Waals surface area contributed by atoms with Gasteiger partial charge in [0.25, 0.3) is 0 Å². The average Bonchev–Trinajstić information content (AvgIpc) is 1.65. The smallest absolute Gasteiger partial charge is 0.480 e. The first-order chi connectivity index (χ1) is 3.89. The normalized spacial score (nSPS) is 18.4. The van der Waals surface area contributed by atoms with Crippen LogP contribution in [0, 0.1) is 0 Å². The Bertz CT molecular complexity index is 127. The number of carbonyl (C=O) groups is 1. The van der Waals surface area contributed by atoms with E-state index in [0.717, 1.165) is 0 Å². The minimum absolute atomic E-state index is 0. The molecule has 2 atom stereocenters. The monoisotopic (exact) mass is 212 g/mol. The largest absolute Gasteiger partial charge is 2.00 e. The molecular formula is C5H11CuNO2S+2. The van der Waals surface area contributed by atoms with Gasteiger partial charge in [0.1, 0.15) is 5.54 Å². The van der Waals surface area contributed by atoms with Gasteiger partial charge < -0.3 is 10.8 Å². The van der Waals surface area contributed by atoms with Crippen molar-refractivity contribution in [3.8, 4) is 0 Å². The molecule has 10 heavy (non-hydrogen) atoms. The van der Waals surface area contributed by atoms with E-state index in [-0.39, 0.29) is 22.3 Å². The number of thiol groups is 1. The molecular weight excluding hydrogens is 202 g/mol. The maximum absolute atomic E-state index is 10.3. The molecule has 0 saturated carbocycles. The van der Waals surface area contributed by atoms with Crippen LogP contribution in [0.2, 0.25) is 0 Å². The van der Waals surface area contributed by atoms with Crippen molar-refractivity contribution in [2.45, 2.75) is 24.6 Å². The molecule has 0 saturated heterocycles. The Morgan fingerprint density at radius 3 is 2.10 bits per heavy atom. The van der Waals surface area contributed by atoms with Crippen LogP contribution in [0.15, 0.2) is 0 Å². The van der Waals surface area contributed by atoms with E-state index in [1.54, 1.807) is 6.92 Å². The van der Waals surface area contributed by atoms with Crippen molar-refractivity contribution in [2.75, 3.05) is 0 Å². The Morgan fingerprint density at radius 2 is 2.10 bits per heavy atom. The van der Waals surface area contributed by atoms with E-state index in [1.165, 1.54) is 6.92 Å². The predicted molar refractivity (Wildman–Crippen MR) is 38.7 cm³/mol. The zero-order valence-corrected chi connectivity index (χ0v) is 7.59. The number of aliphatic carboxylic acids is 1. The van der Waals surface area contributed by atoms with E-state index in [0.29, 0.717) is 0 Å². The van der Waals surface area contributed by atoms with Crippen LogP contribution >= 0.6 is 12.6 Å². The molecule has 0 amide bonds. The first kappa shape index (κ1) is 12.9. The summed E-state index contributed by atoms with van der Waals surface area (Å²) in [6.07, 6.45) is 0. The topological polar surface area (TPSA) is 63.3 Å². The van der Waals surface area contributed by atoms with Crippen LogP contribution in [0.5, 0.6) is 0 Å². The Hall–Kier alpha value is 0.299. The fourth-order valence-electron chi connectivity index (χ4n) is 0.179. The molecule has 1 radical (unpaired) electrons. The molecule has 0 heterocycles. The number of rotatable bonds is 2. The SMILES string of the molecule is CC(S)C(C)(N)C(=O)O.[Cu+2]. The summed E-state index contributed by atoms with van der Waals surface area (Å²) in [4.78, 5) is 10.3. The molecule has 0 fully saturated rings. The van der Waals surface area contributed by atoms with Crippen LogP contribution in [-0.2, 0) is 21.9 Å². The number of hydrogen-bond acceptors (Lipinski definition) is 3. The summed E-state index contributed by atoms with van der Waals surface area (Å²) in [6.45, 7) is 3.09. The van der Waals surface area contributed by atoms with Crippen molar-refractivity contribution in [3.63, 3.8) is 0 Å². The molecule has 5 heteroatoms. The molecule has 2 unspecified atom stereocenters. The number of carboxylic acid groups (broad SMARTS) is 1. The fraction of sp³-hybridized carbons (Fsp3) is 0.800. The van der Waals surface area contributed by atoms with Gasteiger partial charge >= 0.3 is 23.0 Å². The Morgan fingerprint density at radius 1 is 1.80 bits per heavy atom. The second-order valence-electron chi connectivity index (χ2n) is 2.26. The van der Waals surface area contributed by atoms with Crippen molar-refractivity contribution >= 4 is 18.6 Å². The third-order valence-corrected chi connectivity index (χ3v) is 1.87. The quantitative estimate of drug-likeness (QED) is 0.450. The Kier molecular flexibility index (Phi) is 5.48. The molecule has 0 spiro atoms. The van der Waals surface area contributed by atoms with Crippen LogP contribution in [-0.4, -0.2) is 21.9 Å². The van der Waals surface area contributed by atoms with Gasteiger partial charge in [-0.2, -0.15) is 12.6 Å². The molecule has 0 rings (SSSR count). The molecule has 0 aliphatic carbocycles. The third-order valence-electron chi connectivity index (χ3n) is 1.33. The van der Waals surface area contributed by atoms with Crippen molar-refractivity contribution in [1.29, 1.82) is 0 Å². The van der Waals surface area contributed by atoms with Crippen LogP contribution in [0.3, 0.4) is 0 Å². The van der Waals surface area contributed by atoms with Crippen molar-refractivity contribution in [2.24, 2.45) is 5.73 Å². The van der Waals surface area contributed by atoms with Gasteiger partial charge in [0.15, 0.2) is 0 Å². The third kappa shape index (κ3) is 2.92. The zero-order chi connectivity index (χ0) is 7.65. The van der Waals surface area contributed by atoms with Gasteiger partial charge in [-0.1, -0.05) is 6.92 Å². The van der Waals surface area contributed by atoms with Crippen molar-refractivity contribution < 1.29 is 27.0 Å². The van der Waals surface area contributed by atoms with Crippen LogP contribution in [0.1, 0.15) is 13.8 Å². The molecule has 0 aromatic rings. The van der Waals surface area contributed by atoms with Crippen LogP contribution in [0.4, 0.5) is 0 Å². The minimum Gasteiger partial charge on any atom is -0.480 e.